The van der Waals surface area contributed by atoms with Crippen LogP contribution in [0.3, 0.4) is 0 Å². The smallest absolute Gasteiger partial charge is 0.359 e. The monoisotopic (exact) mass is 309 g/mol. The van der Waals surface area contributed by atoms with Gasteiger partial charge in [0.05, 0.1) is 0 Å². The predicted molar refractivity (Wildman–Crippen MR) is 67.8 cm³/mol. The number of aliphatic hydroxyl groups excluding tert-OH is 4. The van der Waals surface area contributed by atoms with Crippen LogP contribution in [0, 0.1) is 0 Å². The Morgan fingerprint density at radius 1 is 0.722 bits per heavy atom. The standard InChI is InChI=1S/C8H20O4P.H2O4S/c1-5(9)13(6(2)10,7(3)11)8(4)12;1-5(2,3)4/h5-12H,1-4H3;(H2,1,2,3,4)/q+1;. The van der Waals surface area contributed by atoms with E-state index in [-0.39, 0.29) is 0 Å². The third kappa shape index (κ3) is 6.35. The van der Waals surface area contributed by atoms with Crippen molar-refractivity contribution in [1.82, 2.24) is 0 Å². The number of hydrogen-bond donors (Lipinski definition) is 6. The molecule has 0 rings (SSSR count). The summed E-state index contributed by atoms with van der Waals surface area (Å²) in [6.07, 6.45) is 0. The lowest BCUT2D eigenvalue weighted by Gasteiger charge is -2.36. The average molecular weight is 309 g/mol. The summed E-state index contributed by atoms with van der Waals surface area (Å²) in [5.41, 5.74) is 0. The molecule has 6 N–H and O–H groups in total. The van der Waals surface area contributed by atoms with Crippen molar-refractivity contribution in [1.29, 1.82) is 0 Å². The average Bonchev–Trinajstić information content (AvgIpc) is 1.96. The molecule has 10 heteroatoms. The molecule has 4 unspecified atom stereocenters. The molecule has 0 fully saturated rings. The number of hydrogen-bond acceptors (Lipinski definition) is 6. The maximum Gasteiger partial charge on any atom is 0.394 e. The van der Waals surface area contributed by atoms with E-state index >= 15 is 0 Å². The second-order valence-electron chi connectivity index (χ2n) is 3.87. The van der Waals surface area contributed by atoms with E-state index in [0.717, 1.165) is 0 Å². The topological polar surface area (TPSA) is 156 Å². The Kier molecular flexibility index (Phi) is 8.71. The summed E-state index contributed by atoms with van der Waals surface area (Å²) >= 11 is 0. The van der Waals surface area contributed by atoms with Gasteiger partial charge in [-0.1, -0.05) is 0 Å². The van der Waals surface area contributed by atoms with Crippen LogP contribution in [0.1, 0.15) is 27.7 Å². The minimum absolute atomic E-state index is 0.868. The van der Waals surface area contributed by atoms with Gasteiger partial charge in [-0.25, -0.2) is 0 Å². The van der Waals surface area contributed by atoms with Crippen LogP contribution in [-0.2, 0) is 10.4 Å². The van der Waals surface area contributed by atoms with E-state index in [4.69, 9.17) is 17.5 Å². The van der Waals surface area contributed by atoms with Gasteiger partial charge in [0, 0.05) is 0 Å². The Balaban J connectivity index is 0. The summed E-state index contributed by atoms with van der Waals surface area (Å²) in [6, 6.07) is 0. The molecular formula is C8H22O8PS+. The van der Waals surface area contributed by atoms with Crippen molar-refractivity contribution in [2.45, 2.75) is 51.1 Å². The van der Waals surface area contributed by atoms with E-state index in [1.807, 2.05) is 0 Å². The first-order chi connectivity index (χ1) is 7.77. The molecule has 0 aliphatic rings. The molecule has 0 radical (unpaired) electrons. The highest BCUT2D eigenvalue weighted by Crippen LogP contribution is 2.70. The zero-order chi connectivity index (χ0) is 15.3. The van der Waals surface area contributed by atoms with E-state index in [1.54, 1.807) is 0 Å². The van der Waals surface area contributed by atoms with Gasteiger partial charge in [-0.2, -0.15) is 8.42 Å². The Bertz CT molecular complexity index is 278. The molecule has 0 saturated carbocycles. The lowest BCUT2D eigenvalue weighted by atomic mass is 10.8. The van der Waals surface area contributed by atoms with Crippen molar-refractivity contribution < 1.29 is 37.9 Å². The quantitative estimate of drug-likeness (QED) is 0.305. The summed E-state index contributed by atoms with van der Waals surface area (Å²) in [5, 5.41) is 38.2. The minimum atomic E-state index is -4.67. The van der Waals surface area contributed by atoms with Crippen molar-refractivity contribution in [3.8, 4) is 0 Å². The van der Waals surface area contributed by atoms with Crippen LogP contribution in [0.4, 0.5) is 0 Å². The normalized spacial score (nSPS) is 21.9. The third-order valence-electron chi connectivity index (χ3n) is 2.59. The Labute approximate surface area is 107 Å². The molecule has 0 aromatic carbocycles. The van der Waals surface area contributed by atoms with Gasteiger partial charge in [0.15, 0.2) is 23.4 Å². The minimum Gasteiger partial charge on any atom is -0.359 e. The van der Waals surface area contributed by atoms with Crippen molar-refractivity contribution in [3.05, 3.63) is 0 Å². The van der Waals surface area contributed by atoms with Crippen LogP contribution < -0.4 is 0 Å². The number of aliphatic hydroxyl groups is 4. The molecule has 0 bridgehead atoms. The molecule has 4 atom stereocenters. The van der Waals surface area contributed by atoms with Gasteiger partial charge >= 0.3 is 10.4 Å². The molecule has 112 valence electrons. The van der Waals surface area contributed by atoms with Crippen molar-refractivity contribution in [3.63, 3.8) is 0 Å². The highest BCUT2D eigenvalue weighted by molar-refractivity contribution is 7.79. The van der Waals surface area contributed by atoms with E-state index < -0.39 is 41.0 Å². The first-order valence-electron chi connectivity index (χ1n) is 5.07. The van der Waals surface area contributed by atoms with Crippen LogP contribution in [0.15, 0.2) is 0 Å². The predicted octanol–water partition coefficient (Wildman–Crippen LogP) is -0.296. The maximum absolute atomic E-state index is 9.54. The highest BCUT2D eigenvalue weighted by Gasteiger charge is 2.56. The van der Waals surface area contributed by atoms with Crippen molar-refractivity contribution in [2.75, 3.05) is 0 Å². The first kappa shape index (κ1) is 20.5. The molecule has 18 heavy (non-hydrogen) atoms. The van der Waals surface area contributed by atoms with E-state index in [0.29, 0.717) is 0 Å². The van der Waals surface area contributed by atoms with Crippen molar-refractivity contribution >= 4 is 17.7 Å². The fourth-order valence-corrected chi connectivity index (χ4v) is 5.62. The molecule has 0 aliphatic carbocycles. The summed E-state index contributed by atoms with van der Waals surface area (Å²) in [4.78, 5) is 0. The molecular weight excluding hydrogens is 287 g/mol. The SMILES string of the molecule is CC(O)[P+](C(C)O)(C(C)O)C(C)O.O=S(=O)(O)O. The van der Waals surface area contributed by atoms with Crippen LogP contribution in [-0.4, -0.2) is 61.3 Å². The molecule has 0 aromatic heterocycles. The zero-order valence-electron chi connectivity index (χ0n) is 10.7. The molecule has 0 aromatic rings. The van der Waals surface area contributed by atoms with Gasteiger partial charge < -0.3 is 20.4 Å². The molecule has 0 heterocycles. The van der Waals surface area contributed by atoms with Gasteiger partial charge in [0.25, 0.3) is 0 Å². The maximum atomic E-state index is 9.54. The van der Waals surface area contributed by atoms with Gasteiger partial charge in [0.2, 0.25) is 0 Å². The Morgan fingerprint density at radius 2 is 0.833 bits per heavy atom. The Hall–Kier alpha value is 0.140. The third-order valence-corrected chi connectivity index (χ3v) is 7.77. The molecule has 0 saturated heterocycles. The highest BCUT2D eigenvalue weighted by atomic mass is 32.3. The summed E-state index contributed by atoms with van der Waals surface area (Å²) in [7, 11) is -7.23. The summed E-state index contributed by atoms with van der Waals surface area (Å²) in [6.45, 7) is 6.00. The fraction of sp³-hybridized carbons (Fsp3) is 1.00. The summed E-state index contributed by atoms with van der Waals surface area (Å²) in [5.74, 6) is -3.47. The molecule has 8 nitrogen and oxygen atoms in total. The van der Waals surface area contributed by atoms with Crippen LogP contribution in [0.2, 0.25) is 0 Å². The van der Waals surface area contributed by atoms with Gasteiger partial charge in [-0.15, -0.1) is 0 Å². The first-order valence-corrected chi connectivity index (χ1v) is 8.54. The Morgan fingerprint density at radius 3 is 0.833 bits per heavy atom. The lowest BCUT2D eigenvalue weighted by molar-refractivity contribution is 0.175. The largest absolute Gasteiger partial charge is 0.394 e. The second-order valence-corrected chi connectivity index (χ2v) is 9.54. The number of rotatable bonds is 4. The zero-order valence-corrected chi connectivity index (χ0v) is 12.4. The second kappa shape index (κ2) is 7.66. The molecule has 0 amide bonds. The van der Waals surface area contributed by atoms with E-state index in [1.165, 1.54) is 27.7 Å². The molecule has 0 aliphatic heterocycles. The van der Waals surface area contributed by atoms with Crippen LogP contribution >= 0.6 is 7.26 Å². The van der Waals surface area contributed by atoms with Gasteiger partial charge in [-0.05, 0) is 27.7 Å². The van der Waals surface area contributed by atoms with Crippen LogP contribution in [0.25, 0.3) is 0 Å². The fourth-order valence-electron chi connectivity index (χ4n) is 1.87. The van der Waals surface area contributed by atoms with Crippen LogP contribution in [0.5, 0.6) is 0 Å². The van der Waals surface area contributed by atoms with E-state index in [2.05, 4.69) is 0 Å². The van der Waals surface area contributed by atoms with Crippen molar-refractivity contribution in [2.24, 2.45) is 0 Å². The van der Waals surface area contributed by atoms with Gasteiger partial charge in [0.1, 0.15) is 7.26 Å². The molecule has 0 spiro atoms. The van der Waals surface area contributed by atoms with Gasteiger partial charge in [-0.3, -0.25) is 9.11 Å². The lowest BCUT2D eigenvalue weighted by Crippen LogP contribution is -2.34. The summed E-state index contributed by atoms with van der Waals surface area (Å²) < 4.78 is 31.6. The van der Waals surface area contributed by atoms with E-state index in [9.17, 15) is 20.4 Å².